The predicted molar refractivity (Wildman–Crippen MR) is 93.7 cm³/mol. The van der Waals surface area contributed by atoms with E-state index in [1.54, 1.807) is 12.1 Å². The summed E-state index contributed by atoms with van der Waals surface area (Å²) in [6.45, 7) is 8.58. The van der Waals surface area contributed by atoms with Crippen molar-refractivity contribution in [2.24, 2.45) is 0 Å². The number of likely N-dealkylation sites (N-methyl/N-ethyl adjacent to an activating group) is 1. The second-order valence-electron chi connectivity index (χ2n) is 6.82. The standard InChI is InChI=1S/C19H30N2O2/c1-4-21(5-2)14-18(23)20-19(3)13-7-6-8-17(19)15-9-11-16(22)12-10-15/h9-12,17,22H,4-8,13-14H2,1-3H3,(H,20,23)/t17-,19+/m1/s1. The zero-order valence-electron chi connectivity index (χ0n) is 14.6. The van der Waals surface area contributed by atoms with Crippen molar-refractivity contribution in [2.75, 3.05) is 19.6 Å². The molecule has 0 radical (unpaired) electrons. The van der Waals surface area contributed by atoms with E-state index in [2.05, 4.69) is 31.0 Å². The average Bonchev–Trinajstić information content (AvgIpc) is 2.53. The molecule has 1 amide bonds. The van der Waals surface area contributed by atoms with Gasteiger partial charge in [0.15, 0.2) is 0 Å². The van der Waals surface area contributed by atoms with Crippen LogP contribution >= 0.6 is 0 Å². The number of phenols is 1. The summed E-state index contributed by atoms with van der Waals surface area (Å²) in [6.07, 6.45) is 4.42. The van der Waals surface area contributed by atoms with Gasteiger partial charge in [-0.05, 0) is 50.6 Å². The van der Waals surface area contributed by atoms with Gasteiger partial charge in [0.2, 0.25) is 5.91 Å². The molecule has 4 heteroatoms. The van der Waals surface area contributed by atoms with Gasteiger partial charge >= 0.3 is 0 Å². The lowest BCUT2D eigenvalue weighted by atomic mass is 9.70. The molecular formula is C19H30N2O2. The number of carbonyl (C=O) groups is 1. The molecule has 2 rings (SSSR count). The van der Waals surface area contributed by atoms with E-state index in [9.17, 15) is 9.90 Å². The first-order valence-electron chi connectivity index (χ1n) is 8.80. The van der Waals surface area contributed by atoms with E-state index in [1.807, 2.05) is 12.1 Å². The number of benzene rings is 1. The molecular weight excluding hydrogens is 288 g/mol. The molecule has 2 atom stereocenters. The van der Waals surface area contributed by atoms with Crippen LogP contribution in [0.4, 0.5) is 0 Å². The summed E-state index contributed by atoms with van der Waals surface area (Å²) in [6, 6.07) is 7.45. The van der Waals surface area contributed by atoms with Gasteiger partial charge < -0.3 is 10.4 Å². The summed E-state index contributed by atoms with van der Waals surface area (Å²) in [4.78, 5) is 14.6. The number of nitrogens with zero attached hydrogens (tertiary/aromatic N) is 1. The van der Waals surface area contributed by atoms with Gasteiger partial charge in [0.25, 0.3) is 0 Å². The molecule has 0 unspecified atom stereocenters. The molecule has 1 aromatic carbocycles. The summed E-state index contributed by atoms with van der Waals surface area (Å²) in [5.41, 5.74) is 0.993. The number of hydrogen-bond acceptors (Lipinski definition) is 3. The molecule has 1 fully saturated rings. The Hall–Kier alpha value is -1.55. The maximum Gasteiger partial charge on any atom is 0.234 e. The number of carbonyl (C=O) groups excluding carboxylic acids is 1. The third kappa shape index (κ3) is 4.47. The van der Waals surface area contributed by atoms with Crippen LogP contribution in [0.1, 0.15) is 57.9 Å². The van der Waals surface area contributed by atoms with Crippen LogP contribution in [-0.2, 0) is 4.79 Å². The number of amides is 1. The molecule has 2 N–H and O–H groups in total. The molecule has 0 saturated heterocycles. The summed E-state index contributed by atoms with van der Waals surface area (Å²) < 4.78 is 0. The van der Waals surface area contributed by atoms with Crippen LogP contribution in [-0.4, -0.2) is 41.1 Å². The Bertz CT molecular complexity index is 511. The van der Waals surface area contributed by atoms with E-state index in [0.717, 1.165) is 32.4 Å². The SMILES string of the molecule is CCN(CC)CC(=O)N[C@@]1(C)CCCC[C@@H]1c1ccc(O)cc1. The Kier molecular flexibility index (Phi) is 6.05. The number of hydrogen-bond donors (Lipinski definition) is 2. The van der Waals surface area contributed by atoms with Gasteiger partial charge in [-0.15, -0.1) is 0 Å². The van der Waals surface area contributed by atoms with Gasteiger partial charge in [0, 0.05) is 11.5 Å². The summed E-state index contributed by atoms with van der Waals surface area (Å²) in [7, 11) is 0. The first-order valence-corrected chi connectivity index (χ1v) is 8.80. The fraction of sp³-hybridized carbons (Fsp3) is 0.632. The number of aromatic hydroxyl groups is 1. The van der Waals surface area contributed by atoms with E-state index < -0.39 is 0 Å². The minimum atomic E-state index is -0.209. The molecule has 0 heterocycles. The van der Waals surface area contributed by atoms with Crippen molar-refractivity contribution in [3.05, 3.63) is 29.8 Å². The van der Waals surface area contributed by atoms with Crippen LogP contribution in [0, 0.1) is 0 Å². The van der Waals surface area contributed by atoms with Crippen LogP contribution < -0.4 is 5.32 Å². The highest BCUT2D eigenvalue weighted by Crippen LogP contribution is 2.41. The zero-order valence-corrected chi connectivity index (χ0v) is 14.6. The minimum Gasteiger partial charge on any atom is -0.508 e. The number of rotatable bonds is 6. The fourth-order valence-corrected chi connectivity index (χ4v) is 3.73. The van der Waals surface area contributed by atoms with Crippen molar-refractivity contribution in [3.8, 4) is 5.75 Å². The van der Waals surface area contributed by atoms with E-state index in [-0.39, 0.29) is 17.2 Å². The Balaban J connectivity index is 2.12. The first kappa shape index (κ1) is 17.8. The second kappa shape index (κ2) is 7.82. The van der Waals surface area contributed by atoms with Crippen molar-refractivity contribution < 1.29 is 9.90 Å². The van der Waals surface area contributed by atoms with Crippen LogP contribution in [0.25, 0.3) is 0 Å². The van der Waals surface area contributed by atoms with Crippen LogP contribution in [0.3, 0.4) is 0 Å². The Morgan fingerprint density at radius 3 is 2.52 bits per heavy atom. The lowest BCUT2D eigenvalue weighted by molar-refractivity contribution is -0.124. The predicted octanol–water partition coefficient (Wildman–Crippen LogP) is 3.27. The maximum absolute atomic E-state index is 12.5. The molecule has 128 valence electrons. The third-order valence-electron chi connectivity index (χ3n) is 5.19. The lowest BCUT2D eigenvalue weighted by Gasteiger charge is -2.43. The highest BCUT2D eigenvalue weighted by atomic mass is 16.3. The first-order chi connectivity index (χ1) is 11.0. The van der Waals surface area contributed by atoms with E-state index in [1.165, 1.54) is 12.0 Å². The molecule has 0 aromatic heterocycles. The Labute approximate surface area is 139 Å². The van der Waals surface area contributed by atoms with Crippen LogP contribution in [0.2, 0.25) is 0 Å². The lowest BCUT2D eigenvalue weighted by Crippen LogP contribution is -2.54. The highest BCUT2D eigenvalue weighted by molar-refractivity contribution is 5.79. The topological polar surface area (TPSA) is 52.6 Å². The van der Waals surface area contributed by atoms with Gasteiger partial charge in [0.05, 0.1) is 6.54 Å². The summed E-state index contributed by atoms with van der Waals surface area (Å²) in [5.74, 6) is 0.705. The molecule has 1 aromatic rings. The Morgan fingerprint density at radius 2 is 1.91 bits per heavy atom. The Morgan fingerprint density at radius 1 is 1.26 bits per heavy atom. The number of phenolic OH excluding ortho intramolecular Hbond substituents is 1. The van der Waals surface area contributed by atoms with Gasteiger partial charge in [-0.25, -0.2) is 0 Å². The molecule has 1 aliphatic carbocycles. The monoisotopic (exact) mass is 318 g/mol. The van der Waals surface area contributed by atoms with E-state index in [0.29, 0.717) is 12.5 Å². The fourth-order valence-electron chi connectivity index (χ4n) is 3.73. The van der Waals surface area contributed by atoms with Gasteiger partial charge in [-0.2, -0.15) is 0 Å². The second-order valence-corrected chi connectivity index (χ2v) is 6.82. The average molecular weight is 318 g/mol. The summed E-state index contributed by atoms with van der Waals surface area (Å²) >= 11 is 0. The van der Waals surface area contributed by atoms with Crippen LogP contribution in [0.15, 0.2) is 24.3 Å². The molecule has 0 aliphatic heterocycles. The normalized spacial score (nSPS) is 24.6. The molecule has 1 aliphatic rings. The number of nitrogens with one attached hydrogen (secondary N) is 1. The van der Waals surface area contributed by atoms with E-state index in [4.69, 9.17) is 0 Å². The van der Waals surface area contributed by atoms with Crippen molar-refractivity contribution >= 4 is 5.91 Å². The minimum absolute atomic E-state index is 0.113. The molecule has 1 saturated carbocycles. The highest BCUT2D eigenvalue weighted by Gasteiger charge is 2.38. The van der Waals surface area contributed by atoms with Crippen molar-refractivity contribution in [2.45, 2.75) is 57.9 Å². The van der Waals surface area contributed by atoms with Crippen molar-refractivity contribution in [1.29, 1.82) is 0 Å². The smallest absolute Gasteiger partial charge is 0.234 e. The van der Waals surface area contributed by atoms with E-state index >= 15 is 0 Å². The van der Waals surface area contributed by atoms with Crippen molar-refractivity contribution in [3.63, 3.8) is 0 Å². The van der Waals surface area contributed by atoms with Crippen molar-refractivity contribution in [1.82, 2.24) is 10.2 Å². The van der Waals surface area contributed by atoms with Gasteiger partial charge in [0.1, 0.15) is 5.75 Å². The molecule has 23 heavy (non-hydrogen) atoms. The largest absolute Gasteiger partial charge is 0.508 e. The summed E-state index contributed by atoms with van der Waals surface area (Å²) in [5, 5.41) is 12.8. The third-order valence-corrected chi connectivity index (χ3v) is 5.19. The molecule has 0 bridgehead atoms. The zero-order chi connectivity index (χ0) is 16.9. The molecule has 0 spiro atoms. The van der Waals surface area contributed by atoms with Gasteiger partial charge in [-0.3, -0.25) is 9.69 Å². The van der Waals surface area contributed by atoms with Gasteiger partial charge in [-0.1, -0.05) is 38.8 Å². The molecule has 4 nitrogen and oxygen atoms in total. The van der Waals surface area contributed by atoms with Crippen LogP contribution in [0.5, 0.6) is 5.75 Å². The maximum atomic E-state index is 12.5. The quantitative estimate of drug-likeness (QED) is 0.846.